The summed E-state index contributed by atoms with van der Waals surface area (Å²) in [4.78, 5) is 23.0. The Morgan fingerprint density at radius 3 is 2.40 bits per heavy atom. The van der Waals surface area contributed by atoms with Crippen LogP contribution in [0.5, 0.6) is 0 Å². The minimum absolute atomic E-state index is 0.118. The molecule has 0 aromatic heterocycles. The quantitative estimate of drug-likeness (QED) is 0.575. The van der Waals surface area contributed by atoms with Crippen molar-refractivity contribution in [1.82, 2.24) is 5.32 Å². The van der Waals surface area contributed by atoms with Crippen molar-refractivity contribution < 1.29 is 19.1 Å². The molecule has 0 aromatic carbocycles. The van der Waals surface area contributed by atoms with E-state index in [0.29, 0.717) is 19.3 Å². The maximum Gasteiger partial charge on any atom is 0.306 e. The van der Waals surface area contributed by atoms with Gasteiger partial charge in [-0.2, -0.15) is 0 Å². The Kier molecular flexibility index (Phi) is 6.99. The molecule has 0 spiro atoms. The van der Waals surface area contributed by atoms with Crippen LogP contribution in [-0.4, -0.2) is 36.7 Å². The van der Waals surface area contributed by atoms with Gasteiger partial charge in [-0.1, -0.05) is 12.8 Å². The predicted octanol–water partition coefficient (Wildman–Crippen LogP) is 2.18. The molecule has 20 heavy (non-hydrogen) atoms. The lowest BCUT2D eigenvalue weighted by Crippen LogP contribution is -2.29. The van der Waals surface area contributed by atoms with Crippen LogP contribution < -0.4 is 5.32 Å². The van der Waals surface area contributed by atoms with E-state index in [-0.39, 0.29) is 24.7 Å². The molecule has 1 N–H and O–H groups in total. The van der Waals surface area contributed by atoms with Gasteiger partial charge in [0.15, 0.2) is 0 Å². The Bertz CT molecular complexity index is 316. The average Bonchev–Trinajstić information content (AvgIpc) is 2.83. The average molecular weight is 285 g/mol. The third-order valence-corrected chi connectivity index (χ3v) is 3.06. The van der Waals surface area contributed by atoms with Gasteiger partial charge in [-0.05, 0) is 33.6 Å². The number of ether oxygens (including phenoxy) is 2. The molecule has 0 heterocycles. The van der Waals surface area contributed by atoms with E-state index in [4.69, 9.17) is 9.47 Å². The topological polar surface area (TPSA) is 64.6 Å². The maximum atomic E-state index is 11.5. The summed E-state index contributed by atoms with van der Waals surface area (Å²) in [5.74, 6) is -0.472. The van der Waals surface area contributed by atoms with Crippen molar-refractivity contribution >= 4 is 11.9 Å². The lowest BCUT2D eigenvalue weighted by atomic mass is 10.2. The zero-order valence-corrected chi connectivity index (χ0v) is 12.9. The second-order valence-corrected chi connectivity index (χ2v) is 6.21. The summed E-state index contributed by atoms with van der Waals surface area (Å²) in [6.07, 6.45) is 5.40. The molecule has 0 radical (unpaired) electrons. The van der Waals surface area contributed by atoms with Crippen molar-refractivity contribution in [3.8, 4) is 0 Å². The maximum absolute atomic E-state index is 11.5. The van der Waals surface area contributed by atoms with E-state index in [1.54, 1.807) is 0 Å². The highest BCUT2D eigenvalue weighted by molar-refractivity contribution is 5.81. The molecule has 1 aliphatic rings. The lowest BCUT2D eigenvalue weighted by Gasteiger charge is -2.19. The first-order chi connectivity index (χ1) is 9.37. The standard InChI is InChI=1S/C15H27NO4/c1-15(2,3)20-14(18)9-8-13(17)16-10-11-19-12-6-4-5-7-12/h12H,4-11H2,1-3H3,(H,16,17). The van der Waals surface area contributed by atoms with Crippen molar-refractivity contribution in [3.63, 3.8) is 0 Å². The van der Waals surface area contributed by atoms with Gasteiger partial charge in [-0.3, -0.25) is 9.59 Å². The molecule has 1 aliphatic carbocycles. The number of hydrogen-bond acceptors (Lipinski definition) is 4. The van der Waals surface area contributed by atoms with Gasteiger partial charge in [-0.15, -0.1) is 0 Å². The van der Waals surface area contributed by atoms with Crippen molar-refractivity contribution in [2.24, 2.45) is 0 Å². The van der Waals surface area contributed by atoms with Crippen molar-refractivity contribution in [2.45, 2.75) is 71.0 Å². The number of esters is 1. The second-order valence-electron chi connectivity index (χ2n) is 6.21. The molecular weight excluding hydrogens is 258 g/mol. The zero-order valence-electron chi connectivity index (χ0n) is 12.9. The van der Waals surface area contributed by atoms with Crippen LogP contribution in [0.25, 0.3) is 0 Å². The Morgan fingerprint density at radius 1 is 1.15 bits per heavy atom. The molecule has 0 atom stereocenters. The van der Waals surface area contributed by atoms with Crippen LogP contribution in [0, 0.1) is 0 Å². The number of hydrogen-bond donors (Lipinski definition) is 1. The summed E-state index contributed by atoms with van der Waals surface area (Å²) in [7, 11) is 0. The summed E-state index contributed by atoms with van der Waals surface area (Å²) in [6.45, 7) is 6.48. The van der Waals surface area contributed by atoms with Crippen LogP contribution in [0.2, 0.25) is 0 Å². The summed E-state index contributed by atoms with van der Waals surface area (Å²) < 4.78 is 10.8. The van der Waals surface area contributed by atoms with Gasteiger partial charge in [0, 0.05) is 13.0 Å². The van der Waals surface area contributed by atoms with E-state index >= 15 is 0 Å². The molecule has 116 valence electrons. The van der Waals surface area contributed by atoms with Crippen LogP contribution in [-0.2, 0) is 19.1 Å². The van der Waals surface area contributed by atoms with Gasteiger partial charge < -0.3 is 14.8 Å². The third kappa shape index (κ3) is 8.15. The molecule has 1 rings (SSSR count). The Hall–Kier alpha value is -1.10. The van der Waals surface area contributed by atoms with E-state index in [9.17, 15) is 9.59 Å². The Balaban J connectivity index is 2.01. The first-order valence-corrected chi connectivity index (χ1v) is 7.47. The van der Waals surface area contributed by atoms with E-state index in [1.165, 1.54) is 12.8 Å². The molecule has 5 heteroatoms. The number of rotatable bonds is 7. The van der Waals surface area contributed by atoms with E-state index in [2.05, 4.69) is 5.32 Å². The lowest BCUT2D eigenvalue weighted by molar-refractivity contribution is -0.155. The molecule has 0 bridgehead atoms. The fourth-order valence-corrected chi connectivity index (χ4v) is 2.17. The normalized spacial score (nSPS) is 16.1. The zero-order chi connectivity index (χ0) is 15.0. The smallest absolute Gasteiger partial charge is 0.306 e. The van der Waals surface area contributed by atoms with Crippen molar-refractivity contribution in [3.05, 3.63) is 0 Å². The third-order valence-electron chi connectivity index (χ3n) is 3.06. The minimum atomic E-state index is -0.497. The highest BCUT2D eigenvalue weighted by Gasteiger charge is 2.17. The van der Waals surface area contributed by atoms with E-state index < -0.39 is 5.60 Å². The molecule has 0 aliphatic heterocycles. The van der Waals surface area contributed by atoms with Crippen LogP contribution in [0.3, 0.4) is 0 Å². The highest BCUT2D eigenvalue weighted by atomic mass is 16.6. The molecule has 0 saturated heterocycles. The van der Waals surface area contributed by atoms with Crippen molar-refractivity contribution in [2.75, 3.05) is 13.2 Å². The first kappa shape index (κ1) is 17.0. The highest BCUT2D eigenvalue weighted by Crippen LogP contribution is 2.20. The number of amides is 1. The largest absolute Gasteiger partial charge is 0.460 e. The van der Waals surface area contributed by atoms with Crippen LogP contribution >= 0.6 is 0 Å². The summed E-state index contributed by atoms with van der Waals surface area (Å²) in [5.41, 5.74) is -0.497. The van der Waals surface area contributed by atoms with Crippen LogP contribution in [0.1, 0.15) is 59.3 Å². The fraction of sp³-hybridized carbons (Fsp3) is 0.867. The number of nitrogens with one attached hydrogen (secondary N) is 1. The van der Waals surface area contributed by atoms with Gasteiger partial charge in [-0.25, -0.2) is 0 Å². The molecule has 0 unspecified atom stereocenters. The molecule has 1 saturated carbocycles. The molecule has 0 aromatic rings. The summed E-state index contributed by atoms with van der Waals surface area (Å²) >= 11 is 0. The van der Waals surface area contributed by atoms with Crippen LogP contribution in [0.15, 0.2) is 0 Å². The number of carbonyl (C=O) groups excluding carboxylic acids is 2. The van der Waals surface area contributed by atoms with Gasteiger partial charge in [0.05, 0.1) is 19.1 Å². The molecular formula is C15H27NO4. The SMILES string of the molecule is CC(C)(C)OC(=O)CCC(=O)NCCOC1CCCC1. The summed E-state index contributed by atoms with van der Waals surface area (Å²) in [6, 6.07) is 0. The fourth-order valence-electron chi connectivity index (χ4n) is 2.17. The van der Waals surface area contributed by atoms with Crippen molar-refractivity contribution in [1.29, 1.82) is 0 Å². The van der Waals surface area contributed by atoms with E-state index in [1.807, 2.05) is 20.8 Å². The predicted molar refractivity (Wildman–Crippen MR) is 76.3 cm³/mol. The van der Waals surface area contributed by atoms with Crippen LogP contribution in [0.4, 0.5) is 0 Å². The van der Waals surface area contributed by atoms with Gasteiger partial charge >= 0.3 is 5.97 Å². The van der Waals surface area contributed by atoms with E-state index in [0.717, 1.165) is 12.8 Å². The Labute approximate surface area is 121 Å². The summed E-state index contributed by atoms with van der Waals surface area (Å²) in [5, 5.41) is 2.75. The Morgan fingerprint density at radius 2 is 1.80 bits per heavy atom. The second kappa shape index (κ2) is 8.25. The van der Waals surface area contributed by atoms with Gasteiger partial charge in [0.2, 0.25) is 5.91 Å². The van der Waals surface area contributed by atoms with Gasteiger partial charge in [0.1, 0.15) is 5.60 Å². The molecule has 5 nitrogen and oxygen atoms in total. The molecule has 1 amide bonds. The monoisotopic (exact) mass is 285 g/mol. The van der Waals surface area contributed by atoms with Gasteiger partial charge in [0.25, 0.3) is 0 Å². The number of carbonyl (C=O) groups is 2. The minimum Gasteiger partial charge on any atom is -0.460 e. The molecule has 1 fully saturated rings. The first-order valence-electron chi connectivity index (χ1n) is 7.47.